The van der Waals surface area contributed by atoms with Crippen LogP contribution >= 0.6 is 0 Å². The lowest BCUT2D eigenvalue weighted by Crippen LogP contribution is -2.52. The van der Waals surface area contributed by atoms with Gasteiger partial charge in [0.15, 0.2) is 0 Å². The second-order valence-electron chi connectivity index (χ2n) is 4.32. The maximum atomic E-state index is 11.7. The summed E-state index contributed by atoms with van der Waals surface area (Å²) in [5.41, 5.74) is 0. The predicted octanol–water partition coefficient (Wildman–Crippen LogP) is -0.441. The minimum absolute atomic E-state index is 0.120. The van der Waals surface area contributed by atoms with Crippen molar-refractivity contribution in [1.29, 1.82) is 0 Å². The zero-order valence-corrected chi connectivity index (χ0v) is 8.75. The first kappa shape index (κ1) is 9.93. The lowest BCUT2D eigenvalue weighted by Gasteiger charge is -2.28. The smallest absolute Gasteiger partial charge is 0.237 e. The molecule has 80 valence electrons. The van der Waals surface area contributed by atoms with Crippen LogP contribution in [0.2, 0.25) is 0 Å². The van der Waals surface area contributed by atoms with Gasteiger partial charge in [0, 0.05) is 12.6 Å². The zero-order chi connectivity index (χ0) is 9.97. The Kier molecular flexibility index (Phi) is 3.03. The standard InChI is InChI=1S/C10H19N3O/c1-13-6-2-3-9(13)10(14)12-7-8-4-5-11-8/h8-9,11H,2-7H2,1H3,(H,12,14). The van der Waals surface area contributed by atoms with E-state index in [4.69, 9.17) is 0 Å². The SMILES string of the molecule is CN1CCCC1C(=O)NCC1CCN1. The summed E-state index contributed by atoms with van der Waals surface area (Å²) in [7, 11) is 2.03. The van der Waals surface area contributed by atoms with Crippen molar-refractivity contribution >= 4 is 5.91 Å². The summed E-state index contributed by atoms with van der Waals surface area (Å²) < 4.78 is 0. The van der Waals surface area contributed by atoms with Crippen LogP contribution in [0.5, 0.6) is 0 Å². The summed E-state index contributed by atoms with van der Waals surface area (Å²) >= 11 is 0. The maximum Gasteiger partial charge on any atom is 0.237 e. The molecular formula is C10H19N3O. The van der Waals surface area contributed by atoms with Crippen LogP contribution in [0.1, 0.15) is 19.3 Å². The molecule has 2 fully saturated rings. The molecule has 0 aromatic rings. The lowest BCUT2D eigenvalue weighted by atomic mass is 10.1. The van der Waals surface area contributed by atoms with Crippen LogP contribution in [0.25, 0.3) is 0 Å². The number of likely N-dealkylation sites (tertiary alicyclic amines) is 1. The van der Waals surface area contributed by atoms with E-state index < -0.39 is 0 Å². The van der Waals surface area contributed by atoms with Crippen molar-refractivity contribution in [2.24, 2.45) is 0 Å². The third kappa shape index (κ3) is 2.07. The Morgan fingerprint density at radius 1 is 1.57 bits per heavy atom. The molecule has 2 atom stereocenters. The summed E-state index contributed by atoms with van der Waals surface area (Å²) in [4.78, 5) is 13.9. The molecule has 2 saturated heterocycles. The van der Waals surface area contributed by atoms with Crippen LogP contribution in [0.4, 0.5) is 0 Å². The molecule has 0 saturated carbocycles. The van der Waals surface area contributed by atoms with Crippen molar-refractivity contribution in [1.82, 2.24) is 15.5 Å². The largest absolute Gasteiger partial charge is 0.353 e. The normalized spacial score (nSPS) is 32.6. The molecule has 0 bridgehead atoms. The van der Waals surface area contributed by atoms with Crippen LogP contribution in [0.15, 0.2) is 0 Å². The molecule has 1 amide bonds. The first-order valence-corrected chi connectivity index (χ1v) is 5.48. The molecule has 4 nitrogen and oxygen atoms in total. The highest BCUT2D eigenvalue weighted by Gasteiger charge is 2.28. The number of likely N-dealkylation sites (N-methyl/N-ethyl adjacent to an activating group) is 1. The van der Waals surface area contributed by atoms with E-state index in [1.807, 2.05) is 7.05 Å². The Morgan fingerprint density at radius 2 is 2.36 bits per heavy atom. The summed E-state index contributed by atoms with van der Waals surface area (Å²) in [6.07, 6.45) is 3.36. The first-order chi connectivity index (χ1) is 6.77. The third-order valence-corrected chi connectivity index (χ3v) is 3.27. The van der Waals surface area contributed by atoms with Gasteiger partial charge in [-0.25, -0.2) is 0 Å². The number of hydrogen-bond donors (Lipinski definition) is 2. The van der Waals surface area contributed by atoms with Crippen molar-refractivity contribution in [3.05, 3.63) is 0 Å². The zero-order valence-electron chi connectivity index (χ0n) is 8.75. The van der Waals surface area contributed by atoms with E-state index in [1.165, 1.54) is 6.42 Å². The second-order valence-corrected chi connectivity index (χ2v) is 4.32. The summed E-state index contributed by atoms with van der Waals surface area (Å²) in [5, 5.41) is 6.29. The Balaban J connectivity index is 1.71. The minimum atomic E-state index is 0.120. The summed E-state index contributed by atoms with van der Waals surface area (Å²) in [5.74, 6) is 0.207. The van der Waals surface area contributed by atoms with Gasteiger partial charge >= 0.3 is 0 Å². The molecule has 14 heavy (non-hydrogen) atoms. The van der Waals surface area contributed by atoms with E-state index in [-0.39, 0.29) is 11.9 Å². The molecule has 2 unspecified atom stereocenters. The molecule has 0 spiro atoms. The quantitative estimate of drug-likeness (QED) is 0.644. The molecule has 2 N–H and O–H groups in total. The number of carbonyl (C=O) groups is 1. The highest BCUT2D eigenvalue weighted by atomic mass is 16.2. The molecule has 2 aliphatic heterocycles. The highest BCUT2D eigenvalue weighted by Crippen LogP contribution is 2.14. The fourth-order valence-corrected chi connectivity index (χ4v) is 2.11. The Labute approximate surface area is 85.0 Å². The highest BCUT2D eigenvalue weighted by molar-refractivity contribution is 5.82. The monoisotopic (exact) mass is 197 g/mol. The van der Waals surface area contributed by atoms with Crippen molar-refractivity contribution in [3.63, 3.8) is 0 Å². The molecule has 0 aromatic heterocycles. The number of nitrogens with zero attached hydrogens (tertiary/aromatic N) is 1. The van der Waals surface area contributed by atoms with E-state index in [1.54, 1.807) is 0 Å². The molecule has 2 rings (SSSR count). The topological polar surface area (TPSA) is 44.4 Å². The Hall–Kier alpha value is -0.610. The van der Waals surface area contributed by atoms with Gasteiger partial charge in [0.05, 0.1) is 6.04 Å². The van der Waals surface area contributed by atoms with Crippen LogP contribution < -0.4 is 10.6 Å². The molecule has 0 aromatic carbocycles. The van der Waals surface area contributed by atoms with E-state index in [0.29, 0.717) is 6.04 Å². The minimum Gasteiger partial charge on any atom is -0.353 e. The van der Waals surface area contributed by atoms with Gasteiger partial charge in [0.1, 0.15) is 0 Å². The van der Waals surface area contributed by atoms with E-state index in [2.05, 4.69) is 15.5 Å². The fourth-order valence-electron chi connectivity index (χ4n) is 2.11. The van der Waals surface area contributed by atoms with Crippen LogP contribution in [-0.2, 0) is 4.79 Å². The van der Waals surface area contributed by atoms with Gasteiger partial charge < -0.3 is 10.6 Å². The molecule has 4 heteroatoms. The molecule has 0 radical (unpaired) electrons. The van der Waals surface area contributed by atoms with Crippen LogP contribution in [0.3, 0.4) is 0 Å². The van der Waals surface area contributed by atoms with E-state index >= 15 is 0 Å². The third-order valence-electron chi connectivity index (χ3n) is 3.27. The van der Waals surface area contributed by atoms with Gasteiger partial charge in [-0.1, -0.05) is 0 Å². The van der Waals surface area contributed by atoms with Crippen molar-refractivity contribution in [2.45, 2.75) is 31.3 Å². The van der Waals surface area contributed by atoms with Gasteiger partial charge in [-0.15, -0.1) is 0 Å². The van der Waals surface area contributed by atoms with E-state index in [0.717, 1.165) is 32.5 Å². The molecule has 0 aliphatic carbocycles. The average molecular weight is 197 g/mol. The second kappa shape index (κ2) is 4.28. The number of carbonyl (C=O) groups excluding carboxylic acids is 1. The average Bonchev–Trinajstić information content (AvgIpc) is 2.48. The predicted molar refractivity (Wildman–Crippen MR) is 55.1 cm³/mol. The Bertz CT molecular complexity index is 215. The Morgan fingerprint density at radius 3 is 2.86 bits per heavy atom. The maximum absolute atomic E-state index is 11.7. The summed E-state index contributed by atoms with van der Waals surface area (Å²) in [6, 6.07) is 0.640. The lowest BCUT2D eigenvalue weighted by molar-refractivity contribution is -0.125. The van der Waals surface area contributed by atoms with Gasteiger partial charge in [-0.2, -0.15) is 0 Å². The van der Waals surface area contributed by atoms with Crippen LogP contribution in [-0.4, -0.2) is 49.6 Å². The molecule has 2 heterocycles. The number of rotatable bonds is 3. The number of amides is 1. The van der Waals surface area contributed by atoms with Gasteiger partial charge in [-0.05, 0) is 39.4 Å². The van der Waals surface area contributed by atoms with Gasteiger partial charge in [0.25, 0.3) is 0 Å². The van der Waals surface area contributed by atoms with Crippen molar-refractivity contribution < 1.29 is 4.79 Å². The van der Waals surface area contributed by atoms with Gasteiger partial charge in [-0.3, -0.25) is 9.69 Å². The molecular weight excluding hydrogens is 178 g/mol. The van der Waals surface area contributed by atoms with Crippen molar-refractivity contribution in [2.75, 3.05) is 26.7 Å². The van der Waals surface area contributed by atoms with Crippen molar-refractivity contribution in [3.8, 4) is 0 Å². The van der Waals surface area contributed by atoms with Gasteiger partial charge in [0.2, 0.25) is 5.91 Å². The molecule has 2 aliphatic rings. The van der Waals surface area contributed by atoms with Crippen LogP contribution in [0, 0.1) is 0 Å². The fraction of sp³-hybridized carbons (Fsp3) is 0.900. The first-order valence-electron chi connectivity index (χ1n) is 5.48. The summed E-state index contributed by atoms with van der Waals surface area (Å²) in [6.45, 7) is 2.95. The van der Waals surface area contributed by atoms with E-state index in [9.17, 15) is 4.79 Å². The number of hydrogen-bond acceptors (Lipinski definition) is 3. The number of nitrogens with one attached hydrogen (secondary N) is 2.